The van der Waals surface area contributed by atoms with Gasteiger partial charge >= 0.3 is 0 Å². The zero-order chi connectivity index (χ0) is 19.1. The number of benzene rings is 1. The topological polar surface area (TPSA) is 63.4 Å². The van der Waals surface area contributed by atoms with Crippen LogP contribution < -0.4 is 0 Å². The van der Waals surface area contributed by atoms with Gasteiger partial charge in [0.1, 0.15) is 11.5 Å². The van der Waals surface area contributed by atoms with Gasteiger partial charge in [-0.3, -0.25) is 4.79 Å². The summed E-state index contributed by atoms with van der Waals surface area (Å²) >= 11 is 0. The maximum absolute atomic E-state index is 13.3. The van der Waals surface area contributed by atoms with Crippen molar-refractivity contribution in [3.8, 4) is 0 Å². The summed E-state index contributed by atoms with van der Waals surface area (Å²) in [4.78, 5) is 22.7. The second-order valence-electron chi connectivity index (χ2n) is 6.48. The number of hydrogen-bond acceptors (Lipinski definition) is 4. The summed E-state index contributed by atoms with van der Waals surface area (Å²) in [7, 11) is 0. The molecule has 1 amide bonds. The Bertz CT molecular complexity index is 1000. The van der Waals surface area contributed by atoms with E-state index in [1.807, 2.05) is 0 Å². The molecule has 1 aliphatic heterocycles. The van der Waals surface area contributed by atoms with Gasteiger partial charge in [0, 0.05) is 12.2 Å². The van der Waals surface area contributed by atoms with E-state index in [-0.39, 0.29) is 29.2 Å². The van der Waals surface area contributed by atoms with Gasteiger partial charge in [-0.05, 0) is 43.5 Å². The Kier molecular flexibility index (Phi) is 4.29. The molecule has 0 bridgehead atoms. The lowest BCUT2D eigenvalue weighted by atomic mass is 10.0. The van der Waals surface area contributed by atoms with Gasteiger partial charge < -0.3 is 4.90 Å². The van der Waals surface area contributed by atoms with Crippen molar-refractivity contribution < 1.29 is 18.0 Å². The second kappa shape index (κ2) is 6.64. The molecule has 9 heteroatoms. The molecule has 1 aromatic carbocycles. The molecule has 3 heterocycles. The quantitative estimate of drug-likeness (QED) is 0.703. The summed E-state index contributed by atoms with van der Waals surface area (Å²) < 4.78 is 40.6. The third-order valence-corrected chi connectivity index (χ3v) is 4.65. The maximum Gasteiger partial charge on any atom is 0.294 e. The lowest BCUT2D eigenvalue weighted by Gasteiger charge is -2.23. The van der Waals surface area contributed by atoms with Gasteiger partial charge in [0.15, 0.2) is 0 Å². The maximum atomic E-state index is 13.3. The predicted octanol–water partition coefficient (Wildman–Crippen LogP) is 3.49. The minimum atomic E-state index is -2.77. The van der Waals surface area contributed by atoms with E-state index in [1.165, 1.54) is 18.2 Å². The third-order valence-electron chi connectivity index (χ3n) is 4.65. The Labute approximate surface area is 152 Å². The van der Waals surface area contributed by atoms with Crippen molar-refractivity contribution in [2.45, 2.75) is 32.2 Å². The van der Waals surface area contributed by atoms with E-state index in [4.69, 9.17) is 0 Å². The Hall–Kier alpha value is -2.97. The zero-order valence-corrected chi connectivity index (χ0v) is 14.4. The number of carbonyl (C=O) groups is 1. The van der Waals surface area contributed by atoms with Crippen LogP contribution in [0.1, 0.15) is 52.9 Å². The number of alkyl halides is 2. The fourth-order valence-electron chi connectivity index (χ4n) is 3.43. The molecule has 0 N–H and O–H groups in total. The highest BCUT2D eigenvalue weighted by Crippen LogP contribution is 2.33. The summed E-state index contributed by atoms with van der Waals surface area (Å²) in [5.41, 5.74) is 0.823. The van der Waals surface area contributed by atoms with Crippen LogP contribution in [0.3, 0.4) is 0 Å². The number of fused-ring (bicyclic) bond motifs is 1. The van der Waals surface area contributed by atoms with Crippen molar-refractivity contribution in [3.05, 3.63) is 58.9 Å². The Morgan fingerprint density at radius 1 is 1.22 bits per heavy atom. The first kappa shape index (κ1) is 17.4. The van der Waals surface area contributed by atoms with E-state index in [1.54, 1.807) is 24.0 Å². The van der Waals surface area contributed by atoms with Crippen LogP contribution in [0, 0.1) is 12.7 Å². The minimum Gasteiger partial charge on any atom is -0.329 e. The lowest BCUT2D eigenvalue weighted by molar-refractivity contribution is 0.0722. The van der Waals surface area contributed by atoms with Gasteiger partial charge in [0.25, 0.3) is 18.1 Å². The SMILES string of the molecule is Cc1cc(C(F)F)n2nc(C(=O)N3CCCC3c3ccc(F)cc3)nc2n1. The number of carbonyl (C=O) groups excluding carboxylic acids is 1. The molecule has 2 aromatic heterocycles. The lowest BCUT2D eigenvalue weighted by Crippen LogP contribution is -2.31. The first-order chi connectivity index (χ1) is 12.9. The molecular formula is C18H16F3N5O. The van der Waals surface area contributed by atoms with E-state index in [0.29, 0.717) is 12.2 Å². The standard InChI is InChI=1S/C18H16F3N5O/c1-10-9-14(15(20)21)26-18(22-10)23-16(24-26)17(27)25-8-2-3-13(25)11-4-6-12(19)7-5-11/h4-7,9,13,15H,2-3,8H2,1H3. The number of rotatable bonds is 3. The molecule has 4 rings (SSSR count). The molecule has 0 spiro atoms. The molecular weight excluding hydrogens is 359 g/mol. The molecule has 0 saturated carbocycles. The van der Waals surface area contributed by atoms with Crippen LogP contribution in [-0.4, -0.2) is 36.9 Å². The molecule has 1 aliphatic rings. The van der Waals surface area contributed by atoms with Crippen molar-refractivity contribution in [1.29, 1.82) is 0 Å². The first-order valence-electron chi connectivity index (χ1n) is 8.53. The van der Waals surface area contributed by atoms with E-state index in [0.717, 1.165) is 22.9 Å². The van der Waals surface area contributed by atoms with Crippen LogP contribution >= 0.6 is 0 Å². The number of amides is 1. The molecule has 1 atom stereocenters. The predicted molar refractivity (Wildman–Crippen MR) is 89.9 cm³/mol. The Balaban J connectivity index is 1.69. The summed E-state index contributed by atoms with van der Waals surface area (Å²) in [5, 5.41) is 3.97. The van der Waals surface area contributed by atoms with Gasteiger partial charge in [-0.15, -0.1) is 5.10 Å². The highest BCUT2D eigenvalue weighted by Gasteiger charge is 2.33. The van der Waals surface area contributed by atoms with Crippen LogP contribution in [0.15, 0.2) is 30.3 Å². The van der Waals surface area contributed by atoms with Crippen LogP contribution in [-0.2, 0) is 0 Å². The number of likely N-dealkylation sites (tertiary alicyclic amines) is 1. The minimum absolute atomic E-state index is 0.0359. The molecule has 1 fully saturated rings. The molecule has 27 heavy (non-hydrogen) atoms. The molecule has 1 saturated heterocycles. The van der Waals surface area contributed by atoms with Crippen LogP contribution in [0.2, 0.25) is 0 Å². The highest BCUT2D eigenvalue weighted by molar-refractivity contribution is 5.91. The zero-order valence-electron chi connectivity index (χ0n) is 14.4. The monoisotopic (exact) mass is 375 g/mol. The van der Waals surface area contributed by atoms with Crippen molar-refractivity contribution in [2.75, 3.05) is 6.54 Å². The Morgan fingerprint density at radius 3 is 2.67 bits per heavy atom. The average molecular weight is 375 g/mol. The molecule has 1 unspecified atom stereocenters. The summed E-state index contributed by atoms with van der Waals surface area (Å²) in [5.74, 6) is -1.02. The smallest absolute Gasteiger partial charge is 0.294 e. The van der Waals surface area contributed by atoms with Crippen molar-refractivity contribution in [2.24, 2.45) is 0 Å². The number of nitrogens with zero attached hydrogens (tertiary/aromatic N) is 5. The number of aryl methyl sites for hydroxylation is 1. The average Bonchev–Trinajstić information content (AvgIpc) is 3.27. The van der Waals surface area contributed by atoms with E-state index in [9.17, 15) is 18.0 Å². The first-order valence-corrected chi connectivity index (χ1v) is 8.53. The fraction of sp³-hybridized carbons (Fsp3) is 0.333. The van der Waals surface area contributed by atoms with Gasteiger partial charge in [-0.25, -0.2) is 18.2 Å². The highest BCUT2D eigenvalue weighted by atomic mass is 19.3. The van der Waals surface area contributed by atoms with Crippen molar-refractivity contribution in [1.82, 2.24) is 24.5 Å². The molecule has 0 aliphatic carbocycles. The van der Waals surface area contributed by atoms with Crippen molar-refractivity contribution >= 4 is 11.7 Å². The fourth-order valence-corrected chi connectivity index (χ4v) is 3.43. The van der Waals surface area contributed by atoms with E-state index < -0.39 is 12.3 Å². The molecule has 3 aromatic rings. The van der Waals surface area contributed by atoms with Crippen LogP contribution in [0.5, 0.6) is 0 Å². The largest absolute Gasteiger partial charge is 0.329 e. The summed E-state index contributed by atoms with van der Waals surface area (Å²) in [6.07, 6.45) is -1.26. The number of aromatic nitrogens is 4. The van der Waals surface area contributed by atoms with Crippen LogP contribution in [0.25, 0.3) is 5.78 Å². The van der Waals surface area contributed by atoms with E-state index in [2.05, 4.69) is 15.1 Å². The van der Waals surface area contributed by atoms with Gasteiger partial charge in [-0.1, -0.05) is 12.1 Å². The normalized spacial score (nSPS) is 17.2. The second-order valence-corrected chi connectivity index (χ2v) is 6.48. The number of hydrogen-bond donors (Lipinski definition) is 0. The van der Waals surface area contributed by atoms with E-state index >= 15 is 0 Å². The molecule has 0 radical (unpaired) electrons. The van der Waals surface area contributed by atoms with Crippen LogP contribution in [0.4, 0.5) is 13.2 Å². The summed E-state index contributed by atoms with van der Waals surface area (Å²) in [6, 6.07) is 6.97. The Morgan fingerprint density at radius 2 is 1.96 bits per heavy atom. The molecule has 6 nitrogen and oxygen atoms in total. The summed E-state index contributed by atoms with van der Waals surface area (Å²) in [6.45, 7) is 2.07. The van der Waals surface area contributed by atoms with Gasteiger partial charge in [-0.2, -0.15) is 9.50 Å². The molecule has 140 valence electrons. The van der Waals surface area contributed by atoms with Crippen molar-refractivity contribution in [3.63, 3.8) is 0 Å². The van der Waals surface area contributed by atoms with Gasteiger partial charge in [0.2, 0.25) is 5.82 Å². The number of halogens is 3. The third kappa shape index (κ3) is 3.13. The van der Waals surface area contributed by atoms with Gasteiger partial charge in [0.05, 0.1) is 6.04 Å².